The van der Waals surface area contributed by atoms with E-state index in [1.807, 2.05) is 36.2 Å². The van der Waals surface area contributed by atoms with E-state index in [9.17, 15) is 4.79 Å². The maximum atomic E-state index is 11.9. The minimum Gasteiger partial charge on any atom is -0.459 e. The number of carbonyl (C=O) groups is 1. The Balaban J connectivity index is 1.72. The molecule has 140 valence electrons. The third-order valence-electron chi connectivity index (χ3n) is 4.78. The first-order chi connectivity index (χ1) is 12.5. The summed E-state index contributed by atoms with van der Waals surface area (Å²) in [6.45, 7) is 0.746. The van der Waals surface area contributed by atoms with Gasteiger partial charge in [0.1, 0.15) is 17.9 Å². The summed E-state index contributed by atoms with van der Waals surface area (Å²) in [6.07, 6.45) is 4.79. The molecule has 2 aromatic rings. The van der Waals surface area contributed by atoms with Crippen LogP contribution in [0.15, 0.2) is 39.7 Å². The van der Waals surface area contributed by atoms with E-state index in [0.29, 0.717) is 12.6 Å². The average molecular weight is 356 g/mol. The molecule has 1 saturated carbocycles. The molecule has 1 N–H and O–H groups in total. The van der Waals surface area contributed by atoms with Gasteiger partial charge in [0, 0.05) is 32.6 Å². The Kier molecular flexibility index (Phi) is 5.81. The molecule has 1 fully saturated rings. The summed E-state index contributed by atoms with van der Waals surface area (Å²) in [5.41, 5.74) is 0.890. The largest absolute Gasteiger partial charge is 0.459 e. The van der Waals surface area contributed by atoms with Crippen LogP contribution in [0.1, 0.15) is 31.4 Å². The molecule has 0 radical (unpaired) electrons. The summed E-state index contributed by atoms with van der Waals surface area (Å²) >= 11 is 0. The molecule has 26 heavy (non-hydrogen) atoms. The number of amides is 1. The number of benzene rings is 1. The number of likely N-dealkylation sites (N-methyl/N-ethyl adjacent to an activating group) is 1. The molecule has 3 rings (SSSR count). The number of para-hydroxylation sites is 1. The third kappa shape index (κ3) is 4.56. The Morgan fingerprint density at radius 3 is 2.65 bits per heavy atom. The Hall–Kier alpha value is -2.50. The molecule has 0 atom stereocenters. The lowest BCUT2D eigenvalue weighted by atomic mass is 10.2. The normalized spacial score (nSPS) is 15.4. The SMILES string of the molecule is CN(C)C(=O)CN=C(NC1CCCC1)N(C)Cc1cc2ccccc2o1. The predicted molar refractivity (Wildman–Crippen MR) is 104 cm³/mol. The molecule has 6 heteroatoms. The summed E-state index contributed by atoms with van der Waals surface area (Å²) < 4.78 is 5.92. The van der Waals surface area contributed by atoms with Crippen LogP contribution in [0.2, 0.25) is 0 Å². The van der Waals surface area contributed by atoms with Crippen molar-refractivity contribution in [3.63, 3.8) is 0 Å². The van der Waals surface area contributed by atoms with Gasteiger partial charge in [-0.1, -0.05) is 31.0 Å². The zero-order chi connectivity index (χ0) is 18.5. The van der Waals surface area contributed by atoms with Crippen molar-refractivity contribution >= 4 is 22.8 Å². The fourth-order valence-corrected chi connectivity index (χ4v) is 3.24. The van der Waals surface area contributed by atoms with E-state index in [0.717, 1.165) is 35.5 Å². The highest BCUT2D eigenvalue weighted by Gasteiger charge is 2.19. The Morgan fingerprint density at radius 2 is 1.96 bits per heavy atom. The number of nitrogens with zero attached hydrogens (tertiary/aromatic N) is 3. The number of hydrogen-bond donors (Lipinski definition) is 1. The van der Waals surface area contributed by atoms with Crippen LogP contribution in [-0.4, -0.2) is 55.4 Å². The third-order valence-corrected chi connectivity index (χ3v) is 4.78. The van der Waals surface area contributed by atoms with Gasteiger partial charge in [0.05, 0.1) is 6.54 Å². The second-order valence-electron chi connectivity index (χ2n) is 7.16. The molecular formula is C20H28N4O2. The van der Waals surface area contributed by atoms with Gasteiger partial charge >= 0.3 is 0 Å². The van der Waals surface area contributed by atoms with Crippen molar-refractivity contribution in [2.75, 3.05) is 27.7 Å². The first-order valence-electron chi connectivity index (χ1n) is 9.22. The summed E-state index contributed by atoms with van der Waals surface area (Å²) in [6, 6.07) is 10.5. The van der Waals surface area contributed by atoms with Crippen LogP contribution in [0.5, 0.6) is 0 Å². The van der Waals surface area contributed by atoms with Crippen LogP contribution in [-0.2, 0) is 11.3 Å². The molecule has 0 bridgehead atoms. The van der Waals surface area contributed by atoms with Crippen molar-refractivity contribution in [3.05, 3.63) is 36.1 Å². The van der Waals surface area contributed by atoms with Crippen molar-refractivity contribution in [1.82, 2.24) is 15.1 Å². The van der Waals surface area contributed by atoms with Gasteiger partial charge in [0.2, 0.25) is 5.91 Å². The number of furan rings is 1. The second-order valence-corrected chi connectivity index (χ2v) is 7.16. The van der Waals surface area contributed by atoms with E-state index in [2.05, 4.69) is 16.4 Å². The van der Waals surface area contributed by atoms with Crippen LogP contribution in [0.25, 0.3) is 11.0 Å². The topological polar surface area (TPSA) is 61.1 Å². The number of rotatable bonds is 5. The van der Waals surface area contributed by atoms with Gasteiger partial charge < -0.3 is 19.5 Å². The zero-order valence-electron chi connectivity index (χ0n) is 15.9. The van der Waals surface area contributed by atoms with E-state index in [-0.39, 0.29) is 12.5 Å². The fourth-order valence-electron chi connectivity index (χ4n) is 3.24. The molecule has 0 saturated heterocycles. The molecule has 1 aromatic heterocycles. The van der Waals surface area contributed by atoms with Crippen LogP contribution < -0.4 is 5.32 Å². The van der Waals surface area contributed by atoms with Crippen molar-refractivity contribution < 1.29 is 9.21 Å². The quantitative estimate of drug-likeness (QED) is 0.661. The second kappa shape index (κ2) is 8.25. The monoisotopic (exact) mass is 356 g/mol. The molecular weight excluding hydrogens is 328 g/mol. The van der Waals surface area contributed by atoms with Crippen molar-refractivity contribution in [3.8, 4) is 0 Å². The van der Waals surface area contributed by atoms with Crippen molar-refractivity contribution in [1.29, 1.82) is 0 Å². The summed E-state index contributed by atoms with van der Waals surface area (Å²) in [5, 5.41) is 4.63. The fraction of sp³-hybridized carbons (Fsp3) is 0.500. The molecule has 1 aliphatic carbocycles. The Labute approximate surface area is 154 Å². The molecule has 0 unspecified atom stereocenters. The number of aliphatic imine (C=N–C) groups is 1. The minimum absolute atomic E-state index is 0.00661. The smallest absolute Gasteiger partial charge is 0.243 e. The van der Waals surface area contributed by atoms with Gasteiger partial charge in [0.15, 0.2) is 5.96 Å². The van der Waals surface area contributed by atoms with Gasteiger partial charge in [-0.3, -0.25) is 4.79 Å². The van der Waals surface area contributed by atoms with Crippen LogP contribution in [0.3, 0.4) is 0 Å². The van der Waals surface area contributed by atoms with Gasteiger partial charge in [-0.05, 0) is 25.0 Å². The molecule has 1 heterocycles. The molecule has 6 nitrogen and oxygen atoms in total. The van der Waals surface area contributed by atoms with E-state index in [1.165, 1.54) is 12.8 Å². The van der Waals surface area contributed by atoms with Crippen LogP contribution in [0, 0.1) is 0 Å². The molecule has 1 aromatic carbocycles. The highest BCUT2D eigenvalue weighted by molar-refractivity contribution is 5.85. The van der Waals surface area contributed by atoms with Crippen molar-refractivity contribution in [2.45, 2.75) is 38.3 Å². The summed E-state index contributed by atoms with van der Waals surface area (Å²) in [7, 11) is 5.48. The lowest BCUT2D eigenvalue weighted by molar-refractivity contribution is -0.127. The van der Waals surface area contributed by atoms with Gasteiger partial charge in [-0.25, -0.2) is 4.99 Å². The van der Waals surface area contributed by atoms with Gasteiger partial charge in [-0.2, -0.15) is 0 Å². The number of fused-ring (bicyclic) bond motifs is 1. The van der Waals surface area contributed by atoms with E-state index < -0.39 is 0 Å². The summed E-state index contributed by atoms with van der Waals surface area (Å²) in [4.78, 5) is 20.1. The lowest BCUT2D eigenvalue weighted by Crippen LogP contribution is -2.43. The first kappa shape index (κ1) is 18.3. The average Bonchev–Trinajstić information content (AvgIpc) is 3.26. The van der Waals surface area contributed by atoms with Gasteiger partial charge in [-0.15, -0.1) is 0 Å². The minimum atomic E-state index is -0.00661. The van der Waals surface area contributed by atoms with Crippen LogP contribution in [0.4, 0.5) is 0 Å². The molecule has 0 spiro atoms. The van der Waals surface area contributed by atoms with E-state index in [1.54, 1.807) is 19.0 Å². The van der Waals surface area contributed by atoms with Crippen LogP contribution >= 0.6 is 0 Å². The number of hydrogen-bond acceptors (Lipinski definition) is 3. The Morgan fingerprint density at radius 1 is 1.23 bits per heavy atom. The van der Waals surface area contributed by atoms with E-state index in [4.69, 9.17) is 4.42 Å². The molecule has 1 amide bonds. The molecule has 0 aliphatic heterocycles. The number of carbonyl (C=O) groups excluding carboxylic acids is 1. The highest BCUT2D eigenvalue weighted by Crippen LogP contribution is 2.21. The maximum absolute atomic E-state index is 11.9. The highest BCUT2D eigenvalue weighted by atomic mass is 16.3. The van der Waals surface area contributed by atoms with E-state index >= 15 is 0 Å². The van der Waals surface area contributed by atoms with Crippen molar-refractivity contribution in [2.24, 2.45) is 4.99 Å². The van der Waals surface area contributed by atoms with Gasteiger partial charge in [0.25, 0.3) is 0 Å². The predicted octanol–water partition coefficient (Wildman–Crippen LogP) is 2.84. The maximum Gasteiger partial charge on any atom is 0.243 e. The number of nitrogens with one attached hydrogen (secondary N) is 1. The Bertz CT molecular complexity index is 742. The number of guanidine groups is 1. The molecule has 1 aliphatic rings. The summed E-state index contributed by atoms with van der Waals surface area (Å²) in [5.74, 6) is 1.63. The standard InChI is InChI=1S/C20H28N4O2/c1-23(2)19(25)13-21-20(22-16-9-5-6-10-16)24(3)14-17-12-15-8-4-7-11-18(15)26-17/h4,7-8,11-12,16H,5-6,9-10,13-14H2,1-3H3,(H,21,22). The lowest BCUT2D eigenvalue weighted by Gasteiger charge is -2.24. The first-order valence-corrected chi connectivity index (χ1v) is 9.22. The zero-order valence-corrected chi connectivity index (χ0v) is 15.9.